The predicted octanol–water partition coefficient (Wildman–Crippen LogP) is 7.96. The van der Waals surface area contributed by atoms with Gasteiger partial charge >= 0.3 is 0 Å². The number of rotatable bonds is 3. The van der Waals surface area contributed by atoms with Crippen LogP contribution in [0, 0.1) is 0 Å². The van der Waals surface area contributed by atoms with Crippen LogP contribution in [-0.2, 0) is 21.1 Å². The van der Waals surface area contributed by atoms with Crippen LogP contribution >= 0.6 is 0 Å². The molecule has 4 aromatic rings. The number of phenols is 2. The predicted molar refractivity (Wildman–Crippen MR) is 136 cm³/mol. The first-order valence-corrected chi connectivity index (χ1v) is 11.2. The van der Waals surface area contributed by atoms with Crippen molar-refractivity contribution in [2.75, 3.05) is 0 Å². The molecule has 178 valence electrons. The van der Waals surface area contributed by atoms with E-state index in [2.05, 4.69) is 9.97 Å². The standard InChI is InChI=1S/C22H16N2O2.3C2H6.Pt/c25-21-13-3-1-7-15(21)17-9-5-11-19(23-17)20-12-6-10-18(24-20)16-8-2-4-14-22(16)26;3*1-2;/h1-14,25-26H;3*1-2H3;. The summed E-state index contributed by atoms with van der Waals surface area (Å²) in [5, 5.41) is 20.1. The third-order valence-electron chi connectivity index (χ3n) is 4.12. The summed E-state index contributed by atoms with van der Waals surface area (Å²) in [7, 11) is 0. The summed E-state index contributed by atoms with van der Waals surface area (Å²) >= 11 is 0. The first-order valence-electron chi connectivity index (χ1n) is 11.2. The molecule has 0 radical (unpaired) electrons. The van der Waals surface area contributed by atoms with Crippen LogP contribution in [0.4, 0.5) is 0 Å². The Bertz CT molecular complexity index is 997. The van der Waals surface area contributed by atoms with Crippen molar-refractivity contribution >= 4 is 0 Å². The van der Waals surface area contributed by atoms with Crippen molar-refractivity contribution in [3.63, 3.8) is 0 Å². The van der Waals surface area contributed by atoms with Crippen LogP contribution < -0.4 is 0 Å². The van der Waals surface area contributed by atoms with Crippen LogP contribution in [-0.4, -0.2) is 20.2 Å². The molecule has 0 saturated carbocycles. The van der Waals surface area contributed by atoms with E-state index in [9.17, 15) is 10.2 Å². The van der Waals surface area contributed by atoms with Crippen molar-refractivity contribution in [3.05, 3.63) is 84.9 Å². The number of benzene rings is 2. The number of aromatic hydroxyl groups is 2. The fourth-order valence-corrected chi connectivity index (χ4v) is 2.84. The molecule has 2 aromatic heterocycles. The Morgan fingerprint density at radius 3 is 1.06 bits per heavy atom. The Morgan fingerprint density at radius 2 is 0.727 bits per heavy atom. The number of aromatic nitrogens is 2. The second-order valence-corrected chi connectivity index (χ2v) is 5.85. The molecule has 2 aromatic carbocycles. The van der Waals surface area contributed by atoms with Gasteiger partial charge in [-0.3, -0.25) is 0 Å². The van der Waals surface area contributed by atoms with E-state index >= 15 is 0 Å². The third-order valence-corrected chi connectivity index (χ3v) is 4.12. The molecule has 0 aliphatic heterocycles. The maximum absolute atomic E-state index is 10.1. The third kappa shape index (κ3) is 8.14. The molecule has 2 N–H and O–H groups in total. The maximum Gasteiger partial charge on any atom is 0.124 e. The van der Waals surface area contributed by atoms with Gasteiger partial charge in [-0.1, -0.05) is 77.9 Å². The Morgan fingerprint density at radius 1 is 0.424 bits per heavy atom. The van der Waals surface area contributed by atoms with Gasteiger partial charge in [0, 0.05) is 32.2 Å². The van der Waals surface area contributed by atoms with Gasteiger partial charge in [0.1, 0.15) is 11.5 Å². The molecule has 4 rings (SSSR count). The van der Waals surface area contributed by atoms with Gasteiger partial charge < -0.3 is 10.2 Å². The monoisotopic (exact) mass is 625 g/mol. The summed E-state index contributed by atoms with van der Waals surface area (Å²) in [6.45, 7) is 12.0. The van der Waals surface area contributed by atoms with E-state index in [1.54, 1.807) is 24.3 Å². The van der Waals surface area contributed by atoms with Gasteiger partial charge in [-0.15, -0.1) is 0 Å². The van der Waals surface area contributed by atoms with Crippen molar-refractivity contribution in [2.24, 2.45) is 0 Å². The largest absolute Gasteiger partial charge is 0.507 e. The van der Waals surface area contributed by atoms with Crippen LogP contribution in [0.25, 0.3) is 33.9 Å². The summed E-state index contributed by atoms with van der Waals surface area (Å²) in [4.78, 5) is 9.29. The molecule has 0 spiro atoms. The summed E-state index contributed by atoms with van der Waals surface area (Å²) in [5.41, 5.74) is 4.09. The zero-order valence-electron chi connectivity index (χ0n) is 20.2. The summed E-state index contributed by atoms with van der Waals surface area (Å²) in [5.74, 6) is 0.376. The minimum absolute atomic E-state index is 0. The van der Waals surface area contributed by atoms with E-state index in [1.807, 2.05) is 102 Å². The molecule has 0 atom stereocenters. The van der Waals surface area contributed by atoms with Gasteiger partial charge in [0.25, 0.3) is 0 Å². The Labute approximate surface area is 212 Å². The van der Waals surface area contributed by atoms with Gasteiger partial charge in [-0.25, -0.2) is 9.97 Å². The van der Waals surface area contributed by atoms with E-state index in [-0.39, 0.29) is 32.6 Å². The zero-order valence-corrected chi connectivity index (χ0v) is 22.5. The van der Waals surface area contributed by atoms with E-state index in [0.717, 1.165) is 0 Å². The van der Waals surface area contributed by atoms with Crippen LogP contribution in [0.15, 0.2) is 84.9 Å². The second-order valence-electron chi connectivity index (χ2n) is 5.85. The molecule has 4 nitrogen and oxygen atoms in total. The summed E-state index contributed by atoms with van der Waals surface area (Å²) in [6, 6.07) is 25.4. The van der Waals surface area contributed by atoms with E-state index in [0.29, 0.717) is 33.9 Å². The number of pyridine rings is 2. The van der Waals surface area contributed by atoms with Gasteiger partial charge in [0.05, 0.1) is 22.8 Å². The average molecular weight is 626 g/mol. The number of hydrogen-bond acceptors (Lipinski definition) is 4. The van der Waals surface area contributed by atoms with Crippen LogP contribution in [0.2, 0.25) is 0 Å². The number of phenolic OH excluding ortho intramolecular Hbond substituents is 2. The summed E-state index contributed by atoms with van der Waals surface area (Å²) in [6.07, 6.45) is 0. The quantitative estimate of drug-likeness (QED) is 0.243. The van der Waals surface area contributed by atoms with Gasteiger partial charge in [-0.2, -0.15) is 0 Å². The van der Waals surface area contributed by atoms with Gasteiger partial charge in [0.2, 0.25) is 0 Å². The topological polar surface area (TPSA) is 66.2 Å². The number of hydrogen-bond donors (Lipinski definition) is 2. The molecule has 0 bridgehead atoms. The first kappa shape index (κ1) is 30.0. The minimum Gasteiger partial charge on any atom is -0.507 e. The summed E-state index contributed by atoms with van der Waals surface area (Å²) < 4.78 is 0. The van der Waals surface area contributed by atoms with Crippen molar-refractivity contribution in [3.8, 4) is 45.4 Å². The van der Waals surface area contributed by atoms with Crippen LogP contribution in [0.3, 0.4) is 0 Å². The van der Waals surface area contributed by atoms with E-state index < -0.39 is 0 Å². The molecule has 2 heterocycles. The van der Waals surface area contributed by atoms with Gasteiger partial charge in [-0.05, 0) is 48.5 Å². The molecular formula is C28H34N2O2Pt. The Kier molecular flexibility index (Phi) is 15.1. The van der Waals surface area contributed by atoms with Crippen molar-refractivity contribution in [2.45, 2.75) is 41.5 Å². The molecule has 5 heteroatoms. The second kappa shape index (κ2) is 16.6. The van der Waals surface area contributed by atoms with Crippen LogP contribution in [0.1, 0.15) is 41.5 Å². The molecule has 33 heavy (non-hydrogen) atoms. The molecule has 0 saturated heterocycles. The SMILES string of the molecule is CC.CC.CC.Oc1ccccc1-c1cccc(-c2cccc(-c3ccccc3O)n2)n1.[Pt]. The average Bonchev–Trinajstić information content (AvgIpc) is 2.88. The fourth-order valence-electron chi connectivity index (χ4n) is 2.84. The maximum atomic E-state index is 10.1. The zero-order chi connectivity index (χ0) is 23.9. The molecule has 0 amide bonds. The van der Waals surface area contributed by atoms with Crippen molar-refractivity contribution in [1.82, 2.24) is 9.97 Å². The van der Waals surface area contributed by atoms with Gasteiger partial charge in [0.15, 0.2) is 0 Å². The van der Waals surface area contributed by atoms with Crippen LogP contribution in [0.5, 0.6) is 11.5 Å². The molecule has 0 aliphatic rings. The smallest absolute Gasteiger partial charge is 0.124 e. The number of para-hydroxylation sites is 2. The van der Waals surface area contributed by atoms with E-state index in [4.69, 9.17) is 0 Å². The molecule has 0 unspecified atom stereocenters. The van der Waals surface area contributed by atoms with E-state index in [1.165, 1.54) is 0 Å². The first-order chi connectivity index (χ1) is 15.7. The number of nitrogens with zero attached hydrogens (tertiary/aromatic N) is 2. The normalized spacial score (nSPS) is 8.91. The minimum atomic E-state index is 0. The Balaban J connectivity index is 0.00000136. The van der Waals surface area contributed by atoms with Crippen molar-refractivity contribution in [1.29, 1.82) is 0 Å². The Hall–Kier alpha value is -2.97. The van der Waals surface area contributed by atoms with Crippen molar-refractivity contribution < 1.29 is 31.3 Å². The molecule has 0 fully saturated rings. The fraction of sp³-hybridized carbons (Fsp3) is 0.214. The molecular weight excluding hydrogens is 591 g/mol. The molecule has 0 aliphatic carbocycles.